The predicted octanol–water partition coefficient (Wildman–Crippen LogP) is 1.25. The van der Waals surface area contributed by atoms with Crippen LogP contribution in [0.1, 0.15) is 52.4 Å². The van der Waals surface area contributed by atoms with E-state index >= 15 is 0 Å². The first-order valence-corrected chi connectivity index (χ1v) is 7.22. The van der Waals surface area contributed by atoms with Crippen LogP contribution in [0.4, 0.5) is 0 Å². The van der Waals surface area contributed by atoms with Crippen molar-refractivity contribution in [1.82, 2.24) is 10.2 Å². The van der Waals surface area contributed by atoms with Crippen molar-refractivity contribution >= 4 is 5.91 Å². The molecular weight excluding hydrogens is 226 g/mol. The third-order valence-corrected chi connectivity index (χ3v) is 4.69. The minimum atomic E-state index is -0.557. The number of hydrogen-bond acceptors (Lipinski definition) is 3. The van der Waals surface area contributed by atoms with E-state index in [-0.39, 0.29) is 5.91 Å². The lowest BCUT2D eigenvalue weighted by molar-refractivity contribution is -0.124. The fourth-order valence-electron chi connectivity index (χ4n) is 2.80. The largest absolute Gasteiger partial charge is 0.368 e. The zero-order valence-electron chi connectivity index (χ0n) is 11.9. The fourth-order valence-corrected chi connectivity index (χ4v) is 2.80. The van der Waals surface area contributed by atoms with Crippen molar-refractivity contribution in [2.24, 2.45) is 5.73 Å². The summed E-state index contributed by atoms with van der Waals surface area (Å²) >= 11 is 0. The summed E-state index contributed by atoms with van der Waals surface area (Å²) < 4.78 is 0. The van der Waals surface area contributed by atoms with E-state index in [1.165, 1.54) is 32.1 Å². The second-order valence-electron chi connectivity index (χ2n) is 6.42. The SMILES string of the molecule is CC(CC(C)(NC1CC1)C(N)=O)N(C)C1CCC1. The summed E-state index contributed by atoms with van der Waals surface area (Å²) in [6.45, 7) is 4.16. The number of amides is 1. The van der Waals surface area contributed by atoms with Crippen LogP contribution in [0.25, 0.3) is 0 Å². The maximum absolute atomic E-state index is 11.7. The van der Waals surface area contributed by atoms with Crippen LogP contribution in [0.5, 0.6) is 0 Å². The van der Waals surface area contributed by atoms with Crippen LogP contribution in [-0.2, 0) is 4.79 Å². The van der Waals surface area contributed by atoms with Crippen LogP contribution in [0.15, 0.2) is 0 Å². The molecule has 0 bridgehead atoms. The van der Waals surface area contributed by atoms with Crippen LogP contribution >= 0.6 is 0 Å². The Morgan fingerprint density at radius 1 is 1.44 bits per heavy atom. The summed E-state index contributed by atoms with van der Waals surface area (Å²) in [4.78, 5) is 14.2. The monoisotopic (exact) mass is 253 g/mol. The average molecular weight is 253 g/mol. The van der Waals surface area contributed by atoms with Gasteiger partial charge in [-0.2, -0.15) is 0 Å². The van der Waals surface area contributed by atoms with Gasteiger partial charge in [0.25, 0.3) is 0 Å². The number of carbonyl (C=O) groups excluding carboxylic acids is 1. The van der Waals surface area contributed by atoms with Gasteiger partial charge in [-0.1, -0.05) is 6.42 Å². The summed E-state index contributed by atoms with van der Waals surface area (Å²) in [5.41, 5.74) is 5.04. The van der Waals surface area contributed by atoms with Crippen LogP contribution in [0, 0.1) is 0 Å². The van der Waals surface area contributed by atoms with Crippen molar-refractivity contribution in [3.8, 4) is 0 Å². The molecule has 2 aliphatic rings. The van der Waals surface area contributed by atoms with Gasteiger partial charge in [-0.15, -0.1) is 0 Å². The highest BCUT2D eigenvalue weighted by molar-refractivity contribution is 5.84. The van der Waals surface area contributed by atoms with Crippen molar-refractivity contribution < 1.29 is 4.79 Å². The van der Waals surface area contributed by atoms with E-state index in [0.717, 1.165) is 6.42 Å². The maximum Gasteiger partial charge on any atom is 0.237 e. The molecule has 2 rings (SSSR count). The molecule has 104 valence electrons. The Balaban J connectivity index is 1.91. The molecule has 0 aromatic carbocycles. The third-order valence-electron chi connectivity index (χ3n) is 4.69. The fraction of sp³-hybridized carbons (Fsp3) is 0.929. The molecule has 4 nitrogen and oxygen atoms in total. The lowest BCUT2D eigenvalue weighted by atomic mass is 9.87. The Hall–Kier alpha value is -0.610. The van der Waals surface area contributed by atoms with Gasteiger partial charge < -0.3 is 16.0 Å². The molecule has 0 aromatic heterocycles. The van der Waals surface area contributed by atoms with E-state index in [2.05, 4.69) is 24.2 Å². The minimum Gasteiger partial charge on any atom is -0.368 e. The molecule has 2 aliphatic carbocycles. The van der Waals surface area contributed by atoms with Crippen molar-refractivity contribution in [3.63, 3.8) is 0 Å². The summed E-state index contributed by atoms with van der Waals surface area (Å²) in [5.74, 6) is -0.219. The van der Waals surface area contributed by atoms with Gasteiger partial charge in [-0.25, -0.2) is 0 Å². The molecule has 0 saturated heterocycles. The number of nitrogens with two attached hydrogens (primary N) is 1. The summed E-state index contributed by atoms with van der Waals surface area (Å²) in [7, 11) is 2.17. The van der Waals surface area contributed by atoms with Gasteiger partial charge in [0.1, 0.15) is 0 Å². The van der Waals surface area contributed by atoms with E-state index in [0.29, 0.717) is 18.1 Å². The molecule has 1 amide bonds. The molecule has 0 radical (unpaired) electrons. The van der Waals surface area contributed by atoms with Gasteiger partial charge in [0.05, 0.1) is 5.54 Å². The van der Waals surface area contributed by atoms with Crippen LogP contribution < -0.4 is 11.1 Å². The van der Waals surface area contributed by atoms with Crippen LogP contribution in [0.2, 0.25) is 0 Å². The van der Waals surface area contributed by atoms with Crippen molar-refractivity contribution in [1.29, 1.82) is 0 Å². The third kappa shape index (κ3) is 3.04. The first-order chi connectivity index (χ1) is 8.42. The van der Waals surface area contributed by atoms with E-state index in [4.69, 9.17) is 5.73 Å². The number of rotatable bonds is 7. The topological polar surface area (TPSA) is 58.4 Å². The number of nitrogens with one attached hydrogen (secondary N) is 1. The second kappa shape index (κ2) is 5.17. The van der Waals surface area contributed by atoms with Gasteiger partial charge in [-0.05, 0) is 53.0 Å². The Morgan fingerprint density at radius 3 is 2.44 bits per heavy atom. The lowest BCUT2D eigenvalue weighted by Crippen LogP contribution is -2.57. The maximum atomic E-state index is 11.7. The van der Waals surface area contributed by atoms with Crippen molar-refractivity contribution in [2.75, 3.05) is 7.05 Å². The summed E-state index contributed by atoms with van der Waals surface area (Å²) in [6, 6.07) is 1.60. The molecule has 2 saturated carbocycles. The molecule has 3 N–H and O–H groups in total. The molecule has 0 heterocycles. The first kappa shape index (κ1) is 13.8. The second-order valence-corrected chi connectivity index (χ2v) is 6.42. The van der Waals surface area contributed by atoms with Gasteiger partial charge in [0.15, 0.2) is 0 Å². The highest BCUT2D eigenvalue weighted by Crippen LogP contribution is 2.29. The molecular formula is C14H27N3O. The van der Waals surface area contributed by atoms with Crippen LogP contribution in [-0.4, -0.2) is 41.5 Å². The number of carbonyl (C=O) groups is 1. The first-order valence-electron chi connectivity index (χ1n) is 7.22. The Bertz CT molecular complexity index is 312. The molecule has 18 heavy (non-hydrogen) atoms. The van der Waals surface area contributed by atoms with E-state index in [1.807, 2.05) is 6.92 Å². The quantitative estimate of drug-likeness (QED) is 0.718. The highest BCUT2D eigenvalue weighted by Gasteiger charge is 2.39. The van der Waals surface area contributed by atoms with Crippen LogP contribution in [0.3, 0.4) is 0 Å². The molecule has 0 spiro atoms. The van der Waals surface area contributed by atoms with E-state index in [1.54, 1.807) is 0 Å². The van der Waals surface area contributed by atoms with Gasteiger partial charge >= 0.3 is 0 Å². The summed E-state index contributed by atoms with van der Waals surface area (Å²) in [6.07, 6.45) is 7.08. The Morgan fingerprint density at radius 2 is 2.06 bits per heavy atom. The predicted molar refractivity (Wildman–Crippen MR) is 73.2 cm³/mol. The smallest absolute Gasteiger partial charge is 0.237 e. The molecule has 2 atom stereocenters. The standard InChI is InChI=1S/C14H27N3O/c1-10(17(3)12-5-4-6-12)9-14(2,13(15)18)16-11-7-8-11/h10-12,16H,4-9H2,1-3H3,(H2,15,18). The molecule has 0 aromatic rings. The van der Waals surface area contributed by atoms with E-state index in [9.17, 15) is 4.79 Å². The number of hydrogen-bond donors (Lipinski definition) is 2. The minimum absolute atomic E-state index is 0.219. The molecule has 2 fully saturated rings. The molecule has 4 heteroatoms. The van der Waals surface area contributed by atoms with Crippen molar-refractivity contribution in [3.05, 3.63) is 0 Å². The van der Waals surface area contributed by atoms with Crippen molar-refractivity contribution in [2.45, 2.75) is 76.0 Å². The lowest BCUT2D eigenvalue weighted by Gasteiger charge is -2.41. The zero-order valence-corrected chi connectivity index (χ0v) is 11.9. The van der Waals surface area contributed by atoms with Gasteiger partial charge in [0.2, 0.25) is 5.91 Å². The highest BCUT2D eigenvalue weighted by atomic mass is 16.1. The molecule has 2 unspecified atom stereocenters. The van der Waals surface area contributed by atoms with Gasteiger partial charge in [0, 0.05) is 18.1 Å². The average Bonchev–Trinajstić information content (AvgIpc) is 2.98. The zero-order chi connectivity index (χ0) is 13.3. The molecule has 0 aliphatic heterocycles. The number of primary amides is 1. The Labute approximate surface area is 110 Å². The van der Waals surface area contributed by atoms with Gasteiger partial charge in [-0.3, -0.25) is 4.79 Å². The number of nitrogens with zero attached hydrogens (tertiary/aromatic N) is 1. The Kier molecular flexibility index (Phi) is 3.97. The normalized spacial score (nSPS) is 25.6. The summed E-state index contributed by atoms with van der Waals surface area (Å²) in [5, 5.41) is 3.43. The van der Waals surface area contributed by atoms with E-state index < -0.39 is 5.54 Å².